The largest absolute Gasteiger partial charge is 0.345 e. The Morgan fingerprint density at radius 2 is 1.94 bits per heavy atom. The van der Waals surface area contributed by atoms with E-state index in [-0.39, 0.29) is 17.7 Å². The SMILES string of the molecule is CCC(=O)N1CCN(c2nc3c(s2)C[C@H](C(=O)Nc2ccc4c(c2)CCC4)CC3)CC1. The zero-order valence-corrected chi connectivity index (χ0v) is 19.0. The molecule has 1 aromatic heterocycles. The highest BCUT2D eigenvalue weighted by molar-refractivity contribution is 7.15. The molecule has 1 saturated heterocycles. The summed E-state index contributed by atoms with van der Waals surface area (Å²) >= 11 is 1.73. The van der Waals surface area contributed by atoms with Crippen molar-refractivity contribution in [3.63, 3.8) is 0 Å². The molecular weight excluding hydrogens is 408 g/mol. The summed E-state index contributed by atoms with van der Waals surface area (Å²) in [5, 5.41) is 4.21. The van der Waals surface area contributed by atoms with Crippen LogP contribution < -0.4 is 10.2 Å². The third-order valence-electron chi connectivity index (χ3n) is 6.87. The van der Waals surface area contributed by atoms with Gasteiger partial charge in [0.2, 0.25) is 11.8 Å². The van der Waals surface area contributed by atoms with Crippen molar-refractivity contribution >= 4 is 34.0 Å². The van der Waals surface area contributed by atoms with Gasteiger partial charge < -0.3 is 15.1 Å². The average Bonchev–Trinajstić information content (AvgIpc) is 3.44. The van der Waals surface area contributed by atoms with E-state index >= 15 is 0 Å². The van der Waals surface area contributed by atoms with Crippen LogP contribution in [0.5, 0.6) is 0 Å². The molecule has 1 fully saturated rings. The third-order valence-corrected chi connectivity index (χ3v) is 8.05. The highest BCUT2D eigenvalue weighted by Crippen LogP contribution is 2.35. The third kappa shape index (κ3) is 4.20. The van der Waals surface area contributed by atoms with Crippen molar-refractivity contribution in [2.45, 2.75) is 51.9 Å². The van der Waals surface area contributed by atoms with E-state index in [1.807, 2.05) is 17.9 Å². The molecule has 31 heavy (non-hydrogen) atoms. The second kappa shape index (κ2) is 8.61. The quantitative estimate of drug-likeness (QED) is 0.794. The number of carbonyl (C=O) groups is 2. The van der Waals surface area contributed by atoms with E-state index in [0.29, 0.717) is 6.42 Å². The lowest BCUT2D eigenvalue weighted by molar-refractivity contribution is -0.131. The molecule has 5 rings (SSSR count). The number of carbonyl (C=O) groups excluding carboxylic acids is 2. The fourth-order valence-electron chi connectivity index (χ4n) is 4.99. The first-order valence-electron chi connectivity index (χ1n) is 11.5. The molecule has 0 spiro atoms. The van der Waals surface area contributed by atoms with Gasteiger partial charge in [0.15, 0.2) is 5.13 Å². The highest BCUT2D eigenvalue weighted by Gasteiger charge is 2.30. The normalized spacial score (nSPS) is 20.4. The van der Waals surface area contributed by atoms with Crippen molar-refractivity contribution < 1.29 is 9.59 Å². The van der Waals surface area contributed by atoms with Gasteiger partial charge >= 0.3 is 0 Å². The Morgan fingerprint density at radius 1 is 1.13 bits per heavy atom. The first-order chi connectivity index (χ1) is 15.1. The van der Waals surface area contributed by atoms with Crippen molar-refractivity contribution in [3.05, 3.63) is 39.9 Å². The fourth-order valence-corrected chi connectivity index (χ4v) is 6.22. The van der Waals surface area contributed by atoms with Crippen LogP contribution in [-0.4, -0.2) is 47.9 Å². The van der Waals surface area contributed by atoms with Crippen LogP contribution in [0.25, 0.3) is 0 Å². The van der Waals surface area contributed by atoms with Gasteiger partial charge in [0.05, 0.1) is 5.69 Å². The number of aromatic nitrogens is 1. The Labute approximate surface area is 187 Å². The molecule has 2 aromatic rings. The zero-order valence-electron chi connectivity index (χ0n) is 18.2. The molecule has 3 aliphatic rings. The van der Waals surface area contributed by atoms with Gasteiger partial charge in [0.1, 0.15) is 0 Å². The Bertz CT molecular complexity index is 993. The van der Waals surface area contributed by atoms with Gasteiger partial charge in [0.25, 0.3) is 0 Å². The summed E-state index contributed by atoms with van der Waals surface area (Å²) in [6.45, 7) is 5.12. The van der Waals surface area contributed by atoms with Gasteiger partial charge in [-0.25, -0.2) is 4.98 Å². The van der Waals surface area contributed by atoms with Gasteiger partial charge in [0, 0.05) is 49.1 Å². The molecule has 164 valence electrons. The van der Waals surface area contributed by atoms with E-state index in [0.717, 1.165) is 74.8 Å². The standard InChI is InChI=1S/C24H30N4O2S/c1-2-22(29)27-10-12-28(13-11-27)24-26-20-9-7-18(15-21(20)31-24)23(30)25-19-8-6-16-4-3-5-17(16)14-19/h6,8,14,18H,2-5,7,9-13,15H2,1H3,(H,25,30)/t18-/m1/s1. The van der Waals surface area contributed by atoms with Crippen LogP contribution in [0.15, 0.2) is 18.2 Å². The Hall–Kier alpha value is -2.41. The number of hydrogen-bond donors (Lipinski definition) is 1. The number of benzene rings is 1. The smallest absolute Gasteiger partial charge is 0.227 e. The van der Waals surface area contributed by atoms with Crippen LogP contribution >= 0.6 is 11.3 Å². The lowest BCUT2D eigenvalue weighted by atomic mass is 9.90. The molecule has 1 N–H and O–H groups in total. The van der Waals surface area contributed by atoms with E-state index in [1.165, 1.54) is 22.4 Å². The van der Waals surface area contributed by atoms with Crippen molar-refractivity contribution in [1.29, 1.82) is 0 Å². The predicted octanol–water partition coefficient (Wildman–Crippen LogP) is 3.43. The fraction of sp³-hybridized carbons (Fsp3) is 0.542. The summed E-state index contributed by atoms with van der Waals surface area (Å²) in [4.78, 5) is 35.2. The summed E-state index contributed by atoms with van der Waals surface area (Å²) in [7, 11) is 0. The lowest BCUT2D eigenvalue weighted by Gasteiger charge is -2.34. The molecule has 2 aliphatic carbocycles. The van der Waals surface area contributed by atoms with E-state index in [4.69, 9.17) is 4.98 Å². The number of nitrogens with one attached hydrogen (secondary N) is 1. The molecule has 1 atom stereocenters. The van der Waals surface area contributed by atoms with E-state index in [9.17, 15) is 9.59 Å². The van der Waals surface area contributed by atoms with Crippen LogP contribution in [0.2, 0.25) is 0 Å². The van der Waals surface area contributed by atoms with Crippen LogP contribution in [0.1, 0.15) is 47.9 Å². The first-order valence-corrected chi connectivity index (χ1v) is 12.4. The first kappa shape index (κ1) is 20.5. The second-order valence-electron chi connectivity index (χ2n) is 8.85. The topological polar surface area (TPSA) is 65.5 Å². The van der Waals surface area contributed by atoms with Crippen molar-refractivity contribution in [2.24, 2.45) is 5.92 Å². The zero-order chi connectivity index (χ0) is 21.4. The number of rotatable bonds is 4. The molecule has 0 radical (unpaired) electrons. The molecule has 2 amide bonds. The molecule has 6 nitrogen and oxygen atoms in total. The van der Waals surface area contributed by atoms with Gasteiger partial charge in [-0.05, 0) is 61.8 Å². The van der Waals surface area contributed by atoms with Gasteiger partial charge in [-0.15, -0.1) is 11.3 Å². The van der Waals surface area contributed by atoms with Gasteiger partial charge in [-0.2, -0.15) is 0 Å². The number of aryl methyl sites for hydroxylation is 3. The predicted molar refractivity (Wildman–Crippen MR) is 124 cm³/mol. The summed E-state index contributed by atoms with van der Waals surface area (Å²) in [6, 6.07) is 6.37. The van der Waals surface area contributed by atoms with Crippen LogP contribution in [0.4, 0.5) is 10.8 Å². The summed E-state index contributed by atoms with van der Waals surface area (Å²) in [6.07, 6.45) is 6.56. The summed E-state index contributed by atoms with van der Waals surface area (Å²) < 4.78 is 0. The van der Waals surface area contributed by atoms with Gasteiger partial charge in [-0.3, -0.25) is 9.59 Å². The van der Waals surface area contributed by atoms with Gasteiger partial charge in [-0.1, -0.05) is 13.0 Å². The molecule has 0 bridgehead atoms. The van der Waals surface area contributed by atoms with E-state index in [1.54, 1.807) is 11.3 Å². The maximum atomic E-state index is 12.9. The average molecular weight is 439 g/mol. The minimum Gasteiger partial charge on any atom is -0.345 e. The van der Waals surface area contributed by atoms with E-state index in [2.05, 4.69) is 22.3 Å². The maximum absolute atomic E-state index is 12.9. The van der Waals surface area contributed by atoms with Crippen molar-refractivity contribution in [1.82, 2.24) is 9.88 Å². The monoisotopic (exact) mass is 438 g/mol. The van der Waals surface area contributed by atoms with Crippen molar-refractivity contribution in [3.8, 4) is 0 Å². The van der Waals surface area contributed by atoms with Crippen LogP contribution in [-0.2, 0) is 35.3 Å². The number of thiazole rings is 1. The molecule has 0 unspecified atom stereocenters. The number of anilines is 2. The number of nitrogens with zero attached hydrogens (tertiary/aromatic N) is 3. The Kier molecular flexibility index (Phi) is 5.69. The molecule has 2 heterocycles. The minimum atomic E-state index is 0.00748. The van der Waals surface area contributed by atoms with E-state index < -0.39 is 0 Å². The number of amides is 2. The summed E-state index contributed by atoms with van der Waals surface area (Å²) in [5.41, 5.74) is 4.91. The molecule has 7 heteroatoms. The molecule has 1 aliphatic heterocycles. The Balaban J connectivity index is 1.20. The molecular formula is C24H30N4O2S. The summed E-state index contributed by atoms with van der Waals surface area (Å²) in [5.74, 6) is 0.369. The molecule has 0 saturated carbocycles. The second-order valence-corrected chi connectivity index (χ2v) is 9.92. The number of fused-ring (bicyclic) bond motifs is 2. The van der Waals surface area contributed by atoms with Crippen LogP contribution in [0.3, 0.4) is 0 Å². The highest BCUT2D eigenvalue weighted by atomic mass is 32.1. The minimum absolute atomic E-state index is 0.00748. The Morgan fingerprint density at radius 3 is 2.74 bits per heavy atom. The lowest BCUT2D eigenvalue weighted by Crippen LogP contribution is -2.48. The van der Waals surface area contributed by atoms with Crippen LogP contribution in [0, 0.1) is 5.92 Å². The maximum Gasteiger partial charge on any atom is 0.227 e. The molecule has 1 aromatic carbocycles. The van der Waals surface area contributed by atoms with Crippen molar-refractivity contribution in [2.75, 3.05) is 36.4 Å². The number of hydrogen-bond acceptors (Lipinski definition) is 5. The number of piperazine rings is 1.